The van der Waals surface area contributed by atoms with Gasteiger partial charge in [-0.15, -0.1) is 0 Å². The molecular formula is C53H44N2. The maximum absolute atomic E-state index is 2.58. The molecule has 0 bridgehead atoms. The summed E-state index contributed by atoms with van der Waals surface area (Å²) in [5.41, 5.74) is 17.7. The van der Waals surface area contributed by atoms with Crippen molar-refractivity contribution in [3.05, 3.63) is 204 Å². The second kappa shape index (κ2) is 12.6. The van der Waals surface area contributed by atoms with Crippen LogP contribution in [0.15, 0.2) is 182 Å². The molecular weight excluding hydrogens is 665 g/mol. The molecule has 0 saturated carbocycles. The Morgan fingerprint density at radius 2 is 0.855 bits per heavy atom. The maximum atomic E-state index is 2.58. The first-order valence-electron chi connectivity index (χ1n) is 19.6. The highest BCUT2D eigenvalue weighted by atomic mass is 15.1. The highest BCUT2D eigenvalue weighted by Crippen LogP contribution is 2.60. The van der Waals surface area contributed by atoms with E-state index in [1.165, 1.54) is 66.7 Å². The third-order valence-electron chi connectivity index (χ3n) is 12.5. The number of para-hydroxylation sites is 4. The average Bonchev–Trinajstić information content (AvgIpc) is 3.62. The summed E-state index contributed by atoms with van der Waals surface area (Å²) >= 11 is 0. The first kappa shape index (κ1) is 33.2. The van der Waals surface area contributed by atoms with Crippen molar-refractivity contribution in [3.63, 3.8) is 0 Å². The van der Waals surface area contributed by atoms with Crippen molar-refractivity contribution in [2.24, 2.45) is 0 Å². The van der Waals surface area contributed by atoms with Crippen LogP contribution in [0.5, 0.6) is 0 Å². The Labute approximate surface area is 325 Å². The molecule has 0 aromatic heterocycles. The Bertz CT molecular complexity index is 2640. The predicted molar refractivity (Wildman–Crippen MR) is 233 cm³/mol. The Hall–Kier alpha value is -6.38. The van der Waals surface area contributed by atoms with Gasteiger partial charge in [0.15, 0.2) is 0 Å². The topological polar surface area (TPSA) is 6.48 Å². The van der Waals surface area contributed by atoms with Gasteiger partial charge in [0.1, 0.15) is 0 Å². The summed E-state index contributed by atoms with van der Waals surface area (Å²) in [6.45, 7) is 9.66. The van der Waals surface area contributed by atoms with Gasteiger partial charge < -0.3 is 9.80 Å². The van der Waals surface area contributed by atoms with Gasteiger partial charge in [0.25, 0.3) is 0 Å². The highest BCUT2D eigenvalue weighted by molar-refractivity contribution is 6.10. The molecule has 2 aliphatic carbocycles. The van der Waals surface area contributed by atoms with Crippen molar-refractivity contribution in [2.45, 2.75) is 44.9 Å². The lowest BCUT2D eigenvalue weighted by Gasteiger charge is -2.29. The number of anilines is 6. The monoisotopic (exact) mass is 708 g/mol. The molecule has 266 valence electrons. The van der Waals surface area contributed by atoms with Crippen LogP contribution in [0.4, 0.5) is 34.1 Å². The van der Waals surface area contributed by atoms with Crippen LogP contribution in [-0.2, 0) is 10.8 Å². The molecule has 1 atom stereocenters. The molecule has 55 heavy (non-hydrogen) atoms. The SMILES string of the molecule is CCC1(C)c2cc(N(c3ccccc3)c3ccccc3)ccc2-c2cc3c(cc21)-c1c(cc(N(c2ccccc2)c2ccccc2)c2ccccc12)C3(C)C. The van der Waals surface area contributed by atoms with Crippen LogP contribution >= 0.6 is 0 Å². The molecule has 2 heteroatoms. The largest absolute Gasteiger partial charge is 0.310 e. The van der Waals surface area contributed by atoms with E-state index in [9.17, 15) is 0 Å². The minimum Gasteiger partial charge on any atom is -0.310 e. The van der Waals surface area contributed by atoms with Crippen molar-refractivity contribution >= 4 is 44.9 Å². The van der Waals surface area contributed by atoms with E-state index in [1.807, 2.05) is 0 Å². The van der Waals surface area contributed by atoms with Crippen LogP contribution in [0, 0.1) is 0 Å². The molecule has 0 aliphatic heterocycles. The number of rotatable bonds is 7. The van der Waals surface area contributed by atoms with Gasteiger partial charge in [0.05, 0.1) is 5.69 Å². The molecule has 8 aromatic rings. The fraction of sp³-hybridized carbons (Fsp3) is 0.132. The van der Waals surface area contributed by atoms with Crippen molar-refractivity contribution in [3.8, 4) is 22.3 Å². The third kappa shape index (κ3) is 5.01. The van der Waals surface area contributed by atoms with Crippen LogP contribution in [0.25, 0.3) is 33.0 Å². The first-order chi connectivity index (χ1) is 26.9. The zero-order valence-corrected chi connectivity index (χ0v) is 31.9. The van der Waals surface area contributed by atoms with Gasteiger partial charge in [-0.1, -0.05) is 131 Å². The molecule has 0 saturated heterocycles. The van der Waals surface area contributed by atoms with E-state index in [1.54, 1.807) is 0 Å². The lowest BCUT2D eigenvalue weighted by molar-refractivity contribution is 0.564. The summed E-state index contributed by atoms with van der Waals surface area (Å²) in [5, 5.41) is 2.56. The van der Waals surface area contributed by atoms with Gasteiger partial charge in [-0.25, -0.2) is 0 Å². The lowest BCUT2D eigenvalue weighted by atomic mass is 9.76. The summed E-state index contributed by atoms with van der Waals surface area (Å²) in [5.74, 6) is 0. The lowest BCUT2D eigenvalue weighted by Crippen LogP contribution is -2.20. The smallest absolute Gasteiger partial charge is 0.0543 e. The molecule has 0 heterocycles. The number of hydrogen-bond donors (Lipinski definition) is 0. The summed E-state index contributed by atoms with van der Waals surface area (Å²) in [4.78, 5) is 4.81. The van der Waals surface area contributed by atoms with E-state index in [4.69, 9.17) is 0 Å². The van der Waals surface area contributed by atoms with Gasteiger partial charge >= 0.3 is 0 Å². The Kier molecular flexibility index (Phi) is 7.61. The Balaban J connectivity index is 1.16. The third-order valence-corrected chi connectivity index (χ3v) is 12.5. The fourth-order valence-electron chi connectivity index (χ4n) is 9.54. The summed E-state index contributed by atoms with van der Waals surface area (Å²) in [6.07, 6.45) is 1.00. The van der Waals surface area contributed by atoms with Crippen LogP contribution in [0.3, 0.4) is 0 Å². The second-order valence-electron chi connectivity index (χ2n) is 15.9. The number of hydrogen-bond acceptors (Lipinski definition) is 2. The van der Waals surface area contributed by atoms with Gasteiger partial charge in [0, 0.05) is 44.7 Å². The van der Waals surface area contributed by atoms with E-state index >= 15 is 0 Å². The Morgan fingerprint density at radius 3 is 1.40 bits per heavy atom. The van der Waals surface area contributed by atoms with E-state index in [0.717, 1.165) is 29.2 Å². The molecule has 0 N–H and O–H groups in total. The molecule has 2 nitrogen and oxygen atoms in total. The van der Waals surface area contributed by atoms with Crippen LogP contribution in [-0.4, -0.2) is 0 Å². The molecule has 0 radical (unpaired) electrons. The number of benzene rings is 8. The maximum Gasteiger partial charge on any atom is 0.0543 e. The van der Waals surface area contributed by atoms with Crippen LogP contribution in [0.2, 0.25) is 0 Å². The summed E-state index contributed by atoms with van der Waals surface area (Å²) in [7, 11) is 0. The fourth-order valence-corrected chi connectivity index (χ4v) is 9.54. The van der Waals surface area contributed by atoms with Gasteiger partial charge in [-0.3, -0.25) is 0 Å². The normalized spacial score (nSPS) is 15.9. The van der Waals surface area contributed by atoms with Crippen LogP contribution in [0.1, 0.15) is 56.4 Å². The van der Waals surface area contributed by atoms with E-state index < -0.39 is 0 Å². The van der Waals surface area contributed by atoms with Gasteiger partial charge in [0.2, 0.25) is 0 Å². The molecule has 0 spiro atoms. The first-order valence-corrected chi connectivity index (χ1v) is 19.6. The van der Waals surface area contributed by atoms with Gasteiger partial charge in [-0.05, 0) is 135 Å². The predicted octanol–water partition coefficient (Wildman–Crippen LogP) is 14.8. The van der Waals surface area contributed by atoms with E-state index in [-0.39, 0.29) is 10.8 Å². The zero-order valence-electron chi connectivity index (χ0n) is 31.9. The Morgan fingerprint density at radius 1 is 0.382 bits per heavy atom. The molecule has 10 rings (SSSR count). The number of nitrogens with zero attached hydrogens (tertiary/aromatic N) is 2. The zero-order chi connectivity index (χ0) is 37.3. The molecule has 0 amide bonds. The van der Waals surface area contributed by atoms with Crippen molar-refractivity contribution in [1.29, 1.82) is 0 Å². The minimum atomic E-state index is -0.208. The van der Waals surface area contributed by atoms with Gasteiger partial charge in [-0.2, -0.15) is 0 Å². The number of fused-ring (bicyclic) bond motifs is 8. The van der Waals surface area contributed by atoms with E-state index in [2.05, 4.69) is 219 Å². The van der Waals surface area contributed by atoms with Crippen LogP contribution < -0.4 is 9.80 Å². The quantitative estimate of drug-likeness (QED) is 0.163. The molecule has 8 aromatic carbocycles. The molecule has 0 fully saturated rings. The minimum absolute atomic E-state index is 0.144. The second-order valence-corrected chi connectivity index (χ2v) is 15.9. The summed E-state index contributed by atoms with van der Waals surface area (Å²) in [6, 6.07) is 66.9. The molecule has 1 unspecified atom stereocenters. The standard InChI is InChI=1S/C53H44N2/c1-5-53(4)47-32-40(54(36-20-10-6-11-21-36)37-22-12-7-13-23-37)30-31-41(47)44-33-46-45(34-48(44)53)51-43-29-19-18-28-42(43)50(35-49(51)52(46,2)3)55(38-24-14-8-15-25-38)39-26-16-9-17-27-39/h6-35H,5H2,1-4H3. The van der Waals surface area contributed by atoms with E-state index in [0.29, 0.717) is 0 Å². The average molecular weight is 709 g/mol. The highest BCUT2D eigenvalue weighted by Gasteiger charge is 2.44. The van der Waals surface area contributed by atoms with Crippen molar-refractivity contribution < 1.29 is 0 Å². The van der Waals surface area contributed by atoms with Crippen molar-refractivity contribution in [1.82, 2.24) is 0 Å². The summed E-state index contributed by atoms with van der Waals surface area (Å²) < 4.78 is 0. The molecule has 2 aliphatic rings. The van der Waals surface area contributed by atoms with Crippen molar-refractivity contribution in [2.75, 3.05) is 9.80 Å².